The summed E-state index contributed by atoms with van der Waals surface area (Å²) in [5.41, 5.74) is 3.51. The molecule has 2 heterocycles. The topological polar surface area (TPSA) is 33.5 Å². The Labute approximate surface area is 155 Å². The zero-order chi connectivity index (χ0) is 16.7. The first-order valence-corrected chi connectivity index (χ1v) is 10.3. The average Bonchev–Trinajstić information content (AvgIpc) is 3.26. The molecule has 1 aromatic heterocycles. The molecule has 1 aliphatic heterocycles. The third kappa shape index (κ3) is 3.30. The quantitative estimate of drug-likeness (QED) is 0.803. The minimum atomic E-state index is 0.125. The third-order valence-electron chi connectivity index (χ3n) is 5.17. The molecule has 5 heteroatoms. The van der Waals surface area contributed by atoms with Crippen LogP contribution in [0.2, 0.25) is 0 Å². The van der Waals surface area contributed by atoms with Crippen LogP contribution in [-0.4, -0.2) is 19.0 Å². The van der Waals surface area contributed by atoms with Crippen LogP contribution in [0.4, 0.5) is 5.69 Å². The van der Waals surface area contributed by atoms with Crippen molar-refractivity contribution in [2.45, 2.75) is 32.2 Å². The highest BCUT2D eigenvalue weighted by atomic mass is 79.9. The van der Waals surface area contributed by atoms with E-state index in [2.05, 4.69) is 32.7 Å². The minimum Gasteiger partial charge on any atom is -0.321 e. The molecule has 4 rings (SSSR count). The lowest BCUT2D eigenvalue weighted by Gasteiger charge is -2.32. The van der Waals surface area contributed by atoms with Crippen molar-refractivity contribution >= 4 is 38.9 Å². The van der Waals surface area contributed by atoms with Crippen LogP contribution >= 0.6 is 27.3 Å². The molecule has 2 aliphatic rings. The summed E-state index contributed by atoms with van der Waals surface area (Å²) in [6.07, 6.45) is 3.74. The fourth-order valence-corrected chi connectivity index (χ4v) is 5.27. The lowest BCUT2D eigenvalue weighted by Crippen LogP contribution is -3.14. The van der Waals surface area contributed by atoms with Crippen LogP contribution in [0.3, 0.4) is 0 Å². The number of carbonyl (C=O) groups is 1. The van der Waals surface area contributed by atoms with E-state index in [0.29, 0.717) is 12.6 Å². The number of carbonyl (C=O) groups excluding carboxylic acids is 1. The smallest absolute Gasteiger partial charge is 0.279 e. The van der Waals surface area contributed by atoms with Crippen molar-refractivity contribution in [2.24, 2.45) is 5.92 Å². The number of hydrogen-bond acceptors (Lipinski definition) is 2. The maximum atomic E-state index is 12.6. The largest absolute Gasteiger partial charge is 0.321 e. The number of hydrogen-bond donors (Lipinski definition) is 2. The van der Waals surface area contributed by atoms with Crippen LogP contribution in [0.1, 0.15) is 34.9 Å². The normalized spacial score (nSPS) is 22.9. The Balaban J connectivity index is 1.47. The lowest BCUT2D eigenvalue weighted by atomic mass is 9.96. The highest BCUT2D eigenvalue weighted by molar-refractivity contribution is 9.10. The molecule has 0 saturated heterocycles. The fourth-order valence-electron chi connectivity index (χ4n) is 3.86. The first kappa shape index (κ1) is 16.3. The van der Waals surface area contributed by atoms with Gasteiger partial charge in [-0.05, 0) is 55.0 Å². The first-order chi connectivity index (χ1) is 11.6. The highest BCUT2D eigenvalue weighted by Crippen LogP contribution is 2.42. The van der Waals surface area contributed by atoms with Gasteiger partial charge in [0.1, 0.15) is 6.04 Å². The molecule has 0 bridgehead atoms. The van der Waals surface area contributed by atoms with Crippen molar-refractivity contribution in [3.8, 4) is 0 Å². The Morgan fingerprint density at radius 3 is 2.96 bits per heavy atom. The monoisotopic (exact) mass is 405 g/mol. The Morgan fingerprint density at radius 1 is 1.38 bits per heavy atom. The molecular formula is C19H22BrN2OS+. The number of benzene rings is 1. The van der Waals surface area contributed by atoms with E-state index in [1.807, 2.05) is 36.5 Å². The van der Waals surface area contributed by atoms with E-state index in [4.69, 9.17) is 0 Å². The van der Waals surface area contributed by atoms with Crippen molar-refractivity contribution in [1.29, 1.82) is 0 Å². The molecule has 1 aromatic carbocycles. The molecule has 126 valence electrons. The molecule has 1 fully saturated rings. The number of thiophene rings is 1. The fraction of sp³-hybridized carbons (Fsp3) is 0.421. The second kappa shape index (κ2) is 6.62. The number of anilines is 1. The zero-order valence-electron chi connectivity index (χ0n) is 13.8. The molecular weight excluding hydrogens is 384 g/mol. The number of halogens is 1. The van der Waals surface area contributed by atoms with Gasteiger partial charge in [-0.1, -0.05) is 15.9 Å². The zero-order valence-corrected chi connectivity index (χ0v) is 16.2. The summed E-state index contributed by atoms with van der Waals surface area (Å²) in [6.45, 7) is 3.66. The van der Waals surface area contributed by atoms with Gasteiger partial charge in [-0.15, -0.1) is 11.3 Å². The highest BCUT2D eigenvalue weighted by Gasteiger charge is 2.43. The molecule has 1 aliphatic carbocycles. The van der Waals surface area contributed by atoms with E-state index < -0.39 is 0 Å². The molecule has 3 nitrogen and oxygen atoms in total. The Bertz CT molecular complexity index is 768. The number of fused-ring (bicyclic) bond motifs is 1. The third-order valence-corrected chi connectivity index (χ3v) is 6.66. The Hall–Kier alpha value is -1.17. The van der Waals surface area contributed by atoms with Crippen molar-refractivity contribution in [1.82, 2.24) is 0 Å². The Kier molecular flexibility index (Phi) is 4.50. The molecule has 2 aromatic rings. The van der Waals surface area contributed by atoms with Crippen LogP contribution in [0.15, 0.2) is 34.1 Å². The van der Waals surface area contributed by atoms with Crippen LogP contribution in [0, 0.1) is 12.8 Å². The maximum absolute atomic E-state index is 12.6. The SMILES string of the molecule is Cc1cc(Br)ccc1NC(=O)C[NH+]1CCc2sccc2[C@H]1C1CC1. The van der Waals surface area contributed by atoms with E-state index in [0.717, 1.165) is 34.6 Å². The standard InChI is InChI=1S/C19H21BrN2OS/c1-12-10-14(20)4-5-16(12)21-18(23)11-22-8-6-17-15(7-9-24-17)19(22)13-2-3-13/h4-5,7,9-10,13,19H,2-3,6,8,11H2,1H3,(H,21,23)/p+1/t19-/m1/s1. The predicted octanol–water partition coefficient (Wildman–Crippen LogP) is 3.35. The van der Waals surface area contributed by atoms with Crippen LogP contribution < -0.4 is 10.2 Å². The van der Waals surface area contributed by atoms with Crippen molar-refractivity contribution in [3.63, 3.8) is 0 Å². The molecule has 2 N–H and O–H groups in total. The van der Waals surface area contributed by atoms with Gasteiger partial charge in [0, 0.05) is 32.9 Å². The summed E-state index contributed by atoms with van der Waals surface area (Å²) in [7, 11) is 0. The summed E-state index contributed by atoms with van der Waals surface area (Å²) < 4.78 is 1.04. The van der Waals surface area contributed by atoms with Gasteiger partial charge in [-0.25, -0.2) is 0 Å². The molecule has 0 radical (unpaired) electrons. The van der Waals surface area contributed by atoms with E-state index in [-0.39, 0.29) is 5.91 Å². The van der Waals surface area contributed by atoms with Gasteiger partial charge in [0.2, 0.25) is 0 Å². The van der Waals surface area contributed by atoms with E-state index >= 15 is 0 Å². The van der Waals surface area contributed by atoms with Crippen molar-refractivity contribution in [3.05, 3.63) is 50.1 Å². The second-order valence-electron chi connectivity index (χ2n) is 6.96. The first-order valence-electron chi connectivity index (χ1n) is 8.58. The number of nitrogens with one attached hydrogen (secondary N) is 2. The van der Waals surface area contributed by atoms with E-state index in [1.54, 1.807) is 4.88 Å². The van der Waals surface area contributed by atoms with Crippen LogP contribution in [0.5, 0.6) is 0 Å². The molecule has 24 heavy (non-hydrogen) atoms. The van der Waals surface area contributed by atoms with Crippen molar-refractivity contribution < 1.29 is 9.69 Å². The van der Waals surface area contributed by atoms with Gasteiger partial charge in [-0.2, -0.15) is 0 Å². The summed E-state index contributed by atoms with van der Waals surface area (Å²) in [4.78, 5) is 15.6. The Morgan fingerprint density at radius 2 is 2.21 bits per heavy atom. The van der Waals surface area contributed by atoms with Crippen LogP contribution in [-0.2, 0) is 11.2 Å². The molecule has 0 spiro atoms. The lowest BCUT2D eigenvalue weighted by molar-refractivity contribution is -0.928. The number of quaternary nitrogens is 1. The summed E-state index contributed by atoms with van der Waals surface area (Å²) in [5.74, 6) is 0.899. The average molecular weight is 406 g/mol. The molecule has 1 amide bonds. The van der Waals surface area contributed by atoms with E-state index in [9.17, 15) is 4.79 Å². The van der Waals surface area contributed by atoms with Gasteiger partial charge in [0.15, 0.2) is 6.54 Å². The van der Waals surface area contributed by atoms with Gasteiger partial charge in [0.25, 0.3) is 5.91 Å². The van der Waals surface area contributed by atoms with Crippen LogP contribution in [0.25, 0.3) is 0 Å². The van der Waals surface area contributed by atoms with Gasteiger partial charge in [0.05, 0.1) is 6.54 Å². The van der Waals surface area contributed by atoms with Gasteiger partial charge in [-0.3, -0.25) is 4.79 Å². The molecule has 1 saturated carbocycles. The van der Waals surface area contributed by atoms with Crippen molar-refractivity contribution in [2.75, 3.05) is 18.4 Å². The number of aryl methyl sites for hydroxylation is 1. The van der Waals surface area contributed by atoms with E-state index in [1.165, 1.54) is 23.3 Å². The minimum absolute atomic E-state index is 0.125. The predicted molar refractivity (Wildman–Crippen MR) is 102 cm³/mol. The molecule has 1 unspecified atom stereocenters. The summed E-state index contributed by atoms with van der Waals surface area (Å²) in [6, 6.07) is 8.79. The summed E-state index contributed by atoms with van der Waals surface area (Å²) in [5, 5.41) is 5.32. The maximum Gasteiger partial charge on any atom is 0.279 e. The summed E-state index contributed by atoms with van der Waals surface area (Å²) >= 11 is 5.35. The number of rotatable bonds is 4. The number of amides is 1. The molecule has 2 atom stereocenters. The van der Waals surface area contributed by atoms with Gasteiger partial charge >= 0.3 is 0 Å². The van der Waals surface area contributed by atoms with Gasteiger partial charge < -0.3 is 10.2 Å². The second-order valence-corrected chi connectivity index (χ2v) is 8.87.